The van der Waals surface area contributed by atoms with Crippen LogP contribution in [0.5, 0.6) is 0 Å². The summed E-state index contributed by atoms with van der Waals surface area (Å²) in [6, 6.07) is -0.115. The van der Waals surface area contributed by atoms with E-state index < -0.39 is 23.8 Å². The lowest BCUT2D eigenvalue weighted by Gasteiger charge is -2.03. The number of anilines is 1. The van der Waals surface area contributed by atoms with Crippen molar-refractivity contribution < 1.29 is 18.0 Å². The first-order valence-corrected chi connectivity index (χ1v) is 3.99. The Hall–Kier alpha value is -1.57. The van der Waals surface area contributed by atoms with Crippen LogP contribution in [-0.4, -0.2) is 22.1 Å². The van der Waals surface area contributed by atoms with E-state index in [-0.39, 0.29) is 5.82 Å². The van der Waals surface area contributed by atoms with E-state index in [1.54, 1.807) is 5.10 Å². The Bertz CT molecular complexity index is 357. The molecule has 0 aliphatic heterocycles. The molecule has 15 heavy (non-hydrogen) atoms. The Morgan fingerprint density at radius 2 is 2.27 bits per heavy atom. The van der Waals surface area contributed by atoms with Crippen LogP contribution in [0.2, 0.25) is 0 Å². The minimum Gasteiger partial charge on any atom is -0.320 e. The maximum absolute atomic E-state index is 12.1. The van der Waals surface area contributed by atoms with Gasteiger partial charge in [0.15, 0.2) is 5.82 Å². The molecule has 0 spiro atoms. The molecule has 0 aromatic carbocycles. The van der Waals surface area contributed by atoms with Crippen LogP contribution >= 0.6 is 0 Å². The summed E-state index contributed by atoms with van der Waals surface area (Å²) in [5.41, 5.74) is 4.18. The lowest BCUT2D eigenvalue weighted by molar-refractivity contribution is -0.141. The van der Waals surface area contributed by atoms with Crippen molar-refractivity contribution in [2.45, 2.75) is 19.1 Å². The molecule has 0 saturated heterocycles. The van der Waals surface area contributed by atoms with Gasteiger partial charge in [0.05, 0.1) is 6.04 Å². The van der Waals surface area contributed by atoms with Crippen LogP contribution in [-0.2, 0) is 11.0 Å². The van der Waals surface area contributed by atoms with E-state index in [1.807, 2.05) is 0 Å². The summed E-state index contributed by atoms with van der Waals surface area (Å²) < 4.78 is 36.3. The van der Waals surface area contributed by atoms with Crippen molar-refractivity contribution in [1.82, 2.24) is 10.2 Å². The zero-order chi connectivity index (χ0) is 11.6. The second kappa shape index (κ2) is 3.89. The molecule has 0 bridgehead atoms. The Morgan fingerprint density at radius 3 is 2.67 bits per heavy atom. The second-order valence-electron chi connectivity index (χ2n) is 2.94. The number of alkyl halides is 3. The Balaban J connectivity index is 2.73. The minimum absolute atomic E-state index is 0.204. The average molecular weight is 222 g/mol. The van der Waals surface area contributed by atoms with E-state index >= 15 is 0 Å². The molecule has 1 amide bonds. The van der Waals surface area contributed by atoms with Crippen molar-refractivity contribution in [3.8, 4) is 0 Å². The van der Waals surface area contributed by atoms with Gasteiger partial charge in [0.2, 0.25) is 5.91 Å². The van der Waals surface area contributed by atoms with E-state index in [9.17, 15) is 18.0 Å². The van der Waals surface area contributed by atoms with Crippen molar-refractivity contribution >= 4 is 11.7 Å². The molecular formula is C7H9F3N4O. The molecule has 1 rings (SSSR count). The van der Waals surface area contributed by atoms with Gasteiger partial charge in [-0.2, -0.15) is 18.3 Å². The molecule has 1 aromatic rings. The highest BCUT2D eigenvalue weighted by atomic mass is 19.4. The van der Waals surface area contributed by atoms with Gasteiger partial charge in [-0.15, -0.1) is 0 Å². The monoisotopic (exact) mass is 222 g/mol. The number of amides is 1. The van der Waals surface area contributed by atoms with Crippen LogP contribution in [0.25, 0.3) is 0 Å². The molecule has 1 heterocycles. The van der Waals surface area contributed by atoms with Gasteiger partial charge in [-0.05, 0) is 6.92 Å². The minimum atomic E-state index is -4.51. The molecular weight excluding hydrogens is 213 g/mol. The third-order valence-electron chi connectivity index (χ3n) is 1.55. The van der Waals surface area contributed by atoms with Crippen LogP contribution < -0.4 is 11.1 Å². The topological polar surface area (TPSA) is 83.8 Å². The summed E-state index contributed by atoms with van der Waals surface area (Å²) in [6.07, 6.45) is -4.51. The number of hydrogen-bond donors (Lipinski definition) is 3. The van der Waals surface area contributed by atoms with Crippen LogP contribution in [0, 0.1) is 0 Å². The quantitative estimate of drug-likeness (QED) is 0.689. The molecule has 0 unspecified atom stereocenters. The fourth-order valence-electron chi connectivity index (χ4n) is 0.771. The van der Waals surface area contributed by atoms with Crippen LogP contribution in [0.4, 0.5) is 19.0 Å². The van der Waals surface area contributed by atoms with Gasteiger partial charge < -0.3 is 11.1 Å². The van der Waals surface area contributed by atoms with Crippen molar-refractivity contribution in [3.63, 3.8) is 0 Å². The summed E-state index contributed by atoms with van der Waals surface area (Å²) in [5.74, 6) is -0.806. The lowest BCUT2D eigenvalue weighted by atomic mass is 10.3. The molecule has 84 valence electrons. The van der Waals surface area contributed by atoms with Gasteiger partial charge in [-0.3, -0.25) is 9.89 Å². The molecule has 1 atom stereocenters. The summed E-state index contributed by atoms with van der Waals surface area (Å²) in [4.78, 5) is 11.0. The largest absolute Gasteiger partial charge is 0.432 e. The lowest BCUT2D eigenvalue weighted by Crippen LogP contribution is -2.32. The molecule has 0 aliphatic rings. The number of nitrogens with zero attached hydrogens (tertiary/aromatic N) is 1. The Labute approximate surface area is 82.8 Å². The smallest absolute Gasteiger partial charge is 0.320 e. The number of halogens is 3. The summed E-state index contributed by atoms with van der Waals surface area (Å²) >= 11 is 0. The average Bonchev–Trinajstić information content (AvgIpc) is 2.51. The second-order valence-corrected chi connectivity index (χ2v) is 2.94. The summed E-state index contributed by atoms with van der Waals surface area (Å²) in [7, 11) is 0. The van der Waals surface area contributed by atoms with Crippen molar-refractivity contribution in [3.05, 3.63) is 11.8 Å². The predicted molar refractivity (Wildman–Crippen MR) is 45.9 cm³/mol. The van der Waals surface area contributed by atoms with Gasteiger partial charge in [0.25, 0.3) is 0 Å². The van der Waals surface area contributed by atoms with E-state index in [0.717, 1.165) is 0 Å². The maximum atomic E-state index is 12.1. The third kappa shape index (κ3) is 2.94. The van der Waals surface area contributed by atoms with E-state index in [4.69, 9.17) is 5.73 Å². The molecule has 1 aromatic heterocycles. The SMILES string of the molecule is C[C@@H](N)C(=O)Nc1cc(C(F)(F)F)[nH]n1. The van der Waals surface area contributed by atoms with E-state index in [0.29, 0.717) is 6.07 Å². The molecule has 0 fully saturated rings. The van der Waals surface area contributed by atoms with Gasteiger partial charge in [-0.1, -0.05) is 0 Å². The number of aromatic nitrogens is 2. The van der Waals surface area contributed by atoms with Crippen molar-refractivity contribution in [1.29, 1.82) is 0 Å². The summed E-state index contributed by atoms with van der Waals surface area (Å²) in [6.45, 7) is 1.41. The molecule has 0 radical (unpaired) electrons. The third-order valence-corrected chi connectivity index (χ3v) is 1.55. The fourth-order valence-corrected chi connectivity index (χ4v) is 0.771. The number of nitrogens with two attached hydrogens (primary N) is 1. The number of aromatic amines is 1. The number of hydrogen-bond acceptors (Lipinski definition) is 3. The van der Waals surface area contributed by atoms with Crippen LogP contribution in [0.1, 0.15) is 12.6 Å². The molecule has 0 saturated carbocycles. The first-order valence-electron chi connectivity index (χ1n) is 3.99. The van der Waals surface area contributed by atoms with Gasteiger partial charge in [0.1, 0.15) is 5.69 Å². The normalized spacial score (nSPS) is 13.7. The maximum Gasteiger partial charge on any atom is 0.432 e. The highest BCUT2D eigenvalue weighted by Crippen LogP contribution is 2.28. The van der Waals surface area contributed by atoms with Crippen molar-refractivity contribution in [2.75, 3.05) is 5.32 Å². The number of carbonyl (C=O) groups excluding carboxylic acids is 1. The van der Waals surface area contributed by atoms with E-state index in [2.05, 4.69) is 10.4 Å². The number of H-pyrrole nitrogens is 1. The highest BCUT2D eigenvalue weighted by molar-refractivity contribution is 5.93. The molecule has 0 aliphatic carbocycles. The zero-order valence-corrected chi connectivity index (χ0v) is 7.72. The van der Waals surface area contributed by atoms with Gasteiger partial charge in [-0.25, -0.2) is 0 Å². The Morgan fingerprint density at radius 1 is 1.67 bits per heavy atom. The molecule has 4 N–H and O–H groups in total. The predicted octanol–water partition coefficient (Wildman–Crippen LogP) is 0.714. The number of rotatable bonds is 2. The Kier molecular flexibility index (Phi) is 2.98. The van der Waals surface area contributed by atoms with Gasteiger partial charge in [0, 0.05) is 6.07 Å². The van der Waals surface area contributed by atoms with Crippen LogP contribution in [0.3, 0.4) is 0 Å². The number of nitrogens with one attached hydrogen (secondary N) is 2. The highest BCUT2D eigenvalue weighted by Gasteiger charge is 2.33. The molecule has 5 nitrogen and oxygen atoms in total. The zero-order valence-electron chi connectivity index (χ0n) is 7.72. The first kappa shape index (κ1) is 11.5. The molecule has 8 heteroatoms. The number of carbonyl (C=O) groups is 1. The van der Waals surface area contributed by atoms with Crippen LogP contribution in [0.15, 0.2) is 6.07 Å². The van der Waals surface area contributed by atoms with Gasteiger partial charge >= 0.3 is 6.18 Å². The van der Waals surface area contributed by atoms with Crippen molar-refractivity contribution in [2.24, 2.45) is 5.73 Å². The standard InChI is InChI=1S/C7H9F3N4O/c1-3(11)6(15)12-5-2-4(13-14-5)7(8,9)10/h2-3H,11H2,1H3,(H2,12,13,14,15)/t3-/m1/s1. The summed E-state index contributed by atoms with van der Waals surface area (Å²) in [5, 5.41) is 7.16. The fraction of sp³-hybridized carbons (Fsp3) is 0.429. The van der Waals surface area contributed by atoms with E-state index in [1.165, 1.54) is 6.92 Å². The first-order chi connectivity index (χ1) is 6.80.